The van der Waals surface area contributed by atoms with Crippen molar-refractivity contribution < 1.29 is 0 Å². The van der Waals surface area contributed by atoms with Crippen LogP contribution in [0.25, 0.3) is 0 Å². The highest BCUT2D eigenvalue weighted by atomic mass is 35.5. The number of halogens is 1. The summed E-state index contributed by atoms with van der Waals surface area (Å²) in [6.07, 6.45) is 1.01. The number of likely N-dealkylation sites (N-methyl/N-ethyl adjacent to an activating group) is 1. The molecular formula is C15H18ClNS. The number of rotatable bonds is 5. The minimum atomic E-state index is 0.336. The molecule has 3 heteroatoms. The van der Waals surface area contributed by atoms with E-state index in [9.17, 15) is 0 Å². The fourth-order valence-corrected chi connectivity index (χ4v) is 3.03. The lowest BCUT2D eigenvalue weighted by molar-refractivity contribution is 0.548. The van der Waals surface area contributed by atoms with Crippen molar-refractivity contribution in [2.24, 2.45) is 0 Å². The lowest BCUT2D eigenvalue weighted by Gasteiger charge is -2.20. The molecule has 18 heavy (non-hydrogen) atoms. The van der Waals surface area contributed by atoms with Crippen molar-refractivity contribution in [1.29, 1.82) is 0 Å². The zero-order chi connectivity index (χ0) is 13.0. The van der Waals surface area contributed by atoms with Gasteiger partial charge in [0.25, 0.3) is 0 Å². The van der Waals surface area contributed by atoms with Crippen LogP contribution in [0.2, 0.25) is 5.02 Å². The lowest BCUT2D eigenvalue weighted by Crippen LogP contribution is -2.23. The second-order valence-corrected chi connectivity index (χ2v) is 5.66. The molecule has 0 bridgehead atoms. The molecule has 0 fully saturated rings. The summed E-state index contributed by atoms with van der Waals surface area (Å²) in [4.78, 5) is 0. The molecule has 0 amide bonds. The van der Waals surface area contributed by atoms with Gasteiger partial charge < -0.3 is 5.32 Å². The van der Waals surface area contributed by atoms with Gasteiger partial charge in [0.05, 0.1) is 0 Å². The molecular weight excluding hydrogens is 262 g/mol. The molecule has 0 aliphatic carbocycles. The first-order valence-electron chi connectivity index (χ1n) is 6.21. The average molecular weight is 280 g/mol. The summed E-state index contributed by atoms with van der Waals surface area (Å²) >= 11 is 7.87. The van der Waals surface area contributed by atoms with Crippen LogP contribution in [0.3, 0.4) is 0 Å². The molecule has 2 aromatic rings. The van der Waals surface area contributed by atoms with Crippen LogP contribution in [0, 0.1) is 6.92 Å². The van der Waals surface area contributed by atoms with Gasteiger partial charge in [0.2, 0.25) is 0 Å². The summed E-state index contributed by atoms with van der Waals surface area (Å²) in [7, 11) is 0. The van der Waals surface area contributed by atoms with E-state index in [4.69, 9.17) is 11.6 Å². The summed E-state index contributed by atoms with van der Waals surface area (Å²) in [5, 5.41) is 8.70. The van der Waals surface area contributed by atoms with Gasteiger partial charge in [-0.3, -0.25) is 0 Å². The summed E-state index contributed by atoms with van der Waals surface area (Å²) in [5.41, 5.74) is 3.97. The van der Waals surface area contributed by atoms with E-state index in [1.54, 1.807) is 11.3 Å². The maximum atomic E-state index is 6.12. The Bertz CT molecular complexity index is 493. The van der Waals surface area contributed by atoms with E-state index < -0.39 is 0 Å². The molecule has 1 nitrogen and oxygen atoms in total. The van der Waals surface area contributed by atoms with E-state index >= 15 is 0 Å². The maximum absolute atomic E-state index is 6.12. The van der Waals surface area contributed by atoms with Gasteiger partial charge >= 0.3 is 0 Å². The van der Waals surface area contributed by atoms with Crippen molar-refractivity contribution >= 4 is 22.9 Å². The number of benzene rings is 1. The van der Waals surface area contributed by atoms with Gasteiger partial charge in [-0.05, 0) is 65.5 Å². The monoisotopic (exact) mass is 279 g/mol. The largest absolute Gasteiger partial charge is 0.310 e. The Morgan fingerprint density at radius 2 is 2.17 bits per heavy atom. The molecule has 1 unspecified atom stereocenters. The lowest BCUT2D eigenvalue weighted by atomic mass is 9.96. The fraction of sp³-hybridized carbons (Fsp3) is 0.333. The van der Waals surface area contributed by atoms with Gasteiger partial charge in [0.1, 0.15) is 0 Å². The fourth-order valence-electron chi connectivity index (χ4n) is 2.17. The third-order valence-corrected chi connectivity index (χ3v) is 4.05. The van der Waals surface area contributed by atoms with Gasteiger partial charge in [0.15, 0.2) is 0 Å². The summed E-state index contributed by atoms with van der Waals surface area (Å²) in [6.45, 7) is 5.24. The van der Waals surface area contributed by atoms with Gasteiger partial charge in [-0.2, -0.15) is 11.3 Å². The molecule has 0 aliphatic heterocycles. The summed E-state index contributed by atoms with van der Waals surface area (Å²) in [6, 6.07) is 8.65. The Morgan fingerprint density at radius 3 is 2.83 bits per heavy atom. The normalized spacial score (nSPS) is 12.6. The van der Waals surface area contributed by atoms with Crippen LogP contribution in [-0.2, 0) is 6.42 Å². The molecule has 1 heterocycles. The third-order valence-electron chi connectivity index (χ3n) is 3.09. The maximum Gasteiger partial charge on any atom is 0.0409 e. The molecule has 0 saturated heterocycles. The predicted octanol–water partition coefficient (Wildman–Crippen LogP) is 4.60. The number of thiophene rings is 1. The molecule has 1 aromatic carbocycles. The zero-order valence-corrected chi connectivity index (χ0v) is 12.3. The quantitative estimate of drug-likeness (QED) is 0.843. The van der Waals surface area contributed by atoms with Crippen molar-refractivity contribution in [3.05, 3.63) is 56.7 Å². The van der Waals surface area contributed by atoms with Gasteiger partial charge in [-0.25, -0.2) is 0 Å². The van der Waals surface area contributed by atoms with Crippen LogP contribution >= 0.6 is 22.9 Å². The molecule has 2 rings (SSSR count). The standard InChI is InChI=1S/C15H18ClNS/c1-3-17-15(8-12-6-7-18-10-12)14-9-13(16)5-4-11(14)2/h4-7,9-10,15,17H,3,8H2,1-2H3. The van der Waals surface area contributed by atoms with E-state index in [0.29, 0.717) is 6.04 Å². The highest BCUT2D eigenvalue weighted by Crippen LogP contribution is 2.25. The second-order valence-electron chi connectivity index (χ2n) is 4.45. The molecule has 1 aromatic heterocycles. The van der Waals surface area contributed by atoms with Gasteiger partial charge in [-0.15, -0.1) is 0 Å². The average Bonchev–Trinajstić information content (AvgIpc) is 2.85. The Morgan fingerprint density at radius 1 is 1.33 bits per heavy atom. The Balaban J connectivity index is 2.26. The van der Waals surface area contributed by atoms with Crippen LogP contribution in [0.4, 0.5) is 0 Å². The van der Waals surface area contributed by atoms with Crippen molar-refractivity contribution in [3.63, 3.8) is 0 Å². The van der Waals surface area contributed by atoms with Crippen LogP contribution in [0.1, 0.15) is 29.7 Å². The first-order valence-corrected chi connectivity index (χ1v) is 7.53. The number of hydrogen-bond acceptors (Lipinski definition) is 2. The first-order chi connectivity index (χ1) is 8.70. The van der Waals surface area contributed by atoms with Crippen molar-refractivity contribution in [1.82, 2.24) is 5.32 Å². The predicted molar refractivity (Wildman–Crippen MR) is 80.6 cm³/mol. The summed E-state index contributed by atoms with van der Waals surface area (Å²) in [5.74, 6) is 0. The molecule has 0 radical (unpaired) electrons. The van der Waals surface area contributed by atoms with E-state index in [1.807, 2.05) is 6.07 Å². The molecule has 0 saturated carbocycles. The zero-order valence-electron chi connectivity index (χ0n) is 10.7. The van der Waals surface area contributed by atoms with Crippen LogP contribution in [-0.4, -0.2) is 6.54 Å². The Kier molecular flexibility index (Phi) is 4.81. The molecule has 1 N–H and O–H groups in total. The smallest absolute Gasteiger partial charge is 0.0409 e. The topological polar surface area (TPSA) is 12.0 Å². The van der Waals surface area contributed by atoms with Gasteiger partial charge in [0, 0.05) is 11.1 Å². The number of aryl methyl sites for hydroxylation is 1. The molecule has 0 spiro atoms. The van der Waals surface area contributed by atoms with Crippen molar-refractivity contribution in [3.8, 4) is 0 Å². The minimum absolute atomic E-state index is 0.336. The van der Waals surface area contributed by atoms with Gasteiger partial charge in [-0.1, -0.05) is 24.6 Å². The molecule has 1 atom stereocenters. The van der Waals surface area contributed by atoms with E-state index in [-0.39, 0.29) is 0 Å². The van der Waals surface area contributed by atoms with E-state index in [1.165, 1.54) is 16.7 Å². The SMILES string of the molecule is CCNC(Cc1ccsc1)c1cc(Cl)ccc1C. The number of hydrogen-bond donors (Lipinski definition) is 1. The number of nitrogens with one attached hydrogen (secondary N) is 1. The minimum Gasteiger partial charge on any atom is -0.310 e. The summed E-state index contributed by atoms with van der Waals surface area (Å²) < 4.78 is 0. The van der Waals surface area contributed by atoms with E-state index in [0.717, 1.165) is 18.0 Å². The van der Waals surface area contributed by atoms with Crippen molar-refractivity contribution in [2.45, 2.75) is 26.3 Å². The molecule has 96 valence electrons. The second kappa shape index (κ2) is 6.37. The van der Waals surface area contributed by atoms with E-state index in [2.05, 4.69) is 48.1 Å². The molecule has 0 aliphatic rings. The van der Waals surface area contributed by atoms with Crippen LogP contribution in [0.15, 0.2) is 35.0 Å². The highest BCUT2D eigenvalue weighted by Gasteiger charge is 2.14. The van der Waals surface area contributed by atoms with Crippen LogP contribution in [0.5, 0.6) is 0 Å². The third kappa shape index (κ3) is 3.35. The van der Waals surface area contributed by atoms with Crippen molar-refractivity contribution in [2.75, 3.05) is 6.54 Å². The Hall–Kier alpha value is -0.830. The van der Waals surface area contributed by atoms with Crippen LogP contribution < -0.4 is 5.32 Å². The highest BCUT2D eigenvalue weighted by molar-refractivity contribution is 7.07. The first kappa shape index (κ1) is 13.6. The Labute approximate surface area is 118 Å².